The Morgan fingerprint density at radius 1 is 1.06 bits per heavy atom. The van der Waals surface area contributed by atoms with Crippen molar-refractivity contribution in [2.45, 2.75) is 59.0 Å². The fraction of sp³-hybridized carbons (Fsp3) is 0.462. The first-order valence-corrected chi connectivity index (χ1v) is 14.5. The average Bonchev–Trinajstić information content (AvgIpc) is 2.81. The molecule has 2 aromatic carbocycles. The lowest BCUT2D eigenvalue weighted by Crippen LogP contribution is -2.48. The molecule has 0 aromatic heterocycles. The van der Waals surface area contributed by atoms with Crippen molar-refractivity contribution in [1.29, 1.82) is 0 Å². The predicted molar refractivity (Wildman–Crippen MR) is 145 cm³/mol. The molecule has 35 heavy (non-hydrogen) atoms. The van der Waals surface area contributed by atoms with Crippen molar-refractivity contribution in [3.63, 3.8) is 0 Å². The third-order valence-electron chi connectivity index (χ3n) is 5.80. The lowest BCUT2D eigenvalue weighted by molar-refractivity contribution is -0.140. The number of rotatable bonds is 13. The SMILES string of the molecule is CCCCNC(=O)[C@H](C)N(Cc1ccc(Br)cc1)C(=O)CCCN(c1ccccc1C)S(C)(=O)=O. The van der Waals surface area contributed by atoms with Crippen LogP contribution in [0.2, 0.25) is 0 Å². The highest BCUT2D eigenvalue weighted by Gasteiger charge is 2.26. The number of carbonyl (C=O) groups excluding carboxylic acids is 2. The maximum atomic E-state index is 13.3. The number of aryl methyl sites for hydroxylation is 1. The number of para-hydroxylation sites is 1. The number of carbonyl (C=O) groups is 2. The minimum absolute atomic E-state index is 0.126. The number of hydrogen-bond donors (Lipinski definition) is 1. The monoisotopic (exact) mass is 565 g/mol. The van der Waals surface area contributed by atoms with Crippen LogP contribution in [0.5, 0.6) is 0 Å². The van der Waals surface area contributed by atoms with Crippen molar-refractivity contribution in [1.82, 2.24) is 10.2 Å². The summed E-state index contributed by atoms with van der Waals surface area (Å²) in [5, 5.41) is 2.91. The van der Waals surface area contributed by atoms with E-state index in [0.717, 1.165) is 28.4 Å². The summed E-state index contributed by atoms with van der Waals surface area (Å²) in [5.74, 6) is -0.383. The van der Waals surface area contributed by atoms with E-state index in [-0.39, 0.29) is 24.8 Å². The lowest BCUT2D eigenvalue weighted by atomic mass is 10.1. The molecule has 0 aliphatic carbocycles. The van der Waals surface area contributed by atoms with Crippen LogP contribution in [-0.4, -0.2) is 50.5 Å². The lowest BCUT2D eigenvalue weighted by Gasteiger charge is -2.29. The Morgan fingerprint density at radius 2 is 1.71 bits per heavy atom. The van der Waals surface area contributed by atoms with E-state index in [1.54, 1.807) is 24.0 Å². The number of nitrogens with zero attached hydrogens (tertiary/aromatic N) is 2. The van der Waals surface area contributed by atoms with Gasteiger partial charge in [-0.1, -0.05) is 59.6 Å². The molecule has 0 radical (unpaired) electrons. The van der Waals surface area contributed by atoms with Gasteiger partial charge in [0.1, 0.15) is 6.04 Å². The quantitative estimate of drug-likeness (QED) is 0.358. The van der Waals surface area contributed by atoms with Crippen molar-refractivity contribution >= 4 is 43.5 Å². The van der Waals surface area contributed by atoms with Gasteiger partial charge in [0.05, 0.1) is 11.9 Å². The molecule has 2 amide bonds. The van der Waals surface area contributed by atoms with Gasteiger partial charge in [0, 0.05) is 30.5 Å². The van der Waals surface area contributed by atoms with E-state index in [1.807, 2.05) is 43.3 Å². The molecule has 7 nitrogen and oxygen atoms in total. The topological polar surface area (TPSA) is 86.8 Å². The van der Waals surface area contributed by atoms with E-state index >= 15 is 0 Å². The van der Waals surface area contributed by atoms with E-state index in [2.05, 4.69) is 28.2 Å². The first-order chi connectivity index (χ1) is 16.5. The van der Waals surface area contributed by atoms with E-state index in [9.17, 15) is 18.0 Å². The molecule has 2 aromatic rings. The Hall–Kier alpha value is -2.39. The molecular weight excluding hydrogens is 530 g/mol. The van der Waals surface area contributed by atoms with Crippen LogP contribution in [0.3, 0.4) is 0 Å². The summed E-state index contributed by atoms with van der Waals surface area (Å²) in [6.07, 6.45) is 3.47. The predicted octanol–water partition coefficient (Wildman–Crippen LogP) is 4.64. The van der Waals surface area contributed by atoms with Crippen molar-refractivity contribution in [3.05, 3.63) is 64.1 Å². The van der Waals surface area contributed by atoms with Crippen LogP contribution in [-0.2, 0) is 26.2 Å². The average molecular weight is 567 g/mol. The van der Waals surface area contributed by atoms with E-state index in [0.29, 0.717) is 25.2 Å². The van der Waals surface area contributed by atoms with E-state index in [1.165, 1.54) is 10.6 Å². The molecule has 0 bridgehead atoms. The van der Waals surface area contributed by atoms with Gasteiger partial charge < -0.3 is 10.2 Å². The maximum Gasteiger partial charge on any atom is 0.242 e. The summed E-state index contributed by atoms with van der Waals surface area (Å²) in [4.78, 5) is 27.6. The van der Waals surface area contributed by atoms with Gasteiger partial charge in [-0.25, -0.2) is 8.42 Å². The summed E-state index contributed by atoms with van der Waals surface area (Å²) in [6.45, 7) is 6.68. The third-order valence-corrected chi connectivity index (χ3v) is 7.51. The minimum atomic E-state index is -3.51. The van der Waals surface area contributed by atoms with Crippen LogP contribution in [0.15, 0.2) is 53.0 Å². The highest BCUT2D eigenvalue weighted by Crippen LogP contribution is 2.23. The largest absolute Gasteiger partial charge is 0.354 e. The second-order valence-electron chi connectivity index (χ2n) is 8.69. The number of nitrogens with one attached hydrogen (secondary N) is 1. The summed E-state index contributed by atoms with van der Waals surface area (Å²) in [6, 6.07) is 14.3. The molecule has 0 heterocycles. The van der Waals surface area contributed by atoms with Gasteiger partial charge in [0.25, 0.3) is 0 Å². The molecule has 0 fully saturated rings. The van der Waals surface area contributed by atoms with Crippen molar-refractivity contribution in [2.75, 3.05) is 23.7 Å². The van der Waals surface area contributed by atoms with Gasteiger partial charge in [-0.05, 0) is 56.0 Å². The summed E-state index contributed by atoms with van der Waals surface area (Å²) in [7, 11) is -3.51. The van der Waals surface area contributed by atoms with Crippen LogP contribution < -0.4 is 9.62 Å². The molecule has 0 saturated heterocycles. The third kappa shape index (κ3) is 8.96. The number of halogens is 1. The normalized spacial score (nSPS) is 12.1. The summed E-state index contributed by atoms with van der Waals surface area (Å²) in [5.41, 5.74) is 2.36. The molecule has 1 N–H and O–H groups in total. The summed E-state index contributed by atoms with van der Waals surface area (Å²) < 4.78 is 27.2. The highest BCUT2D eigenvalue weighted by atomic mass is 79.9. The van der Waals surface area contributed by atoms with Gasteiger partial charge in [-0.3, -0.25) is 13.9 Å². The zero-order valence-electron chi connectivity index (χ0n) is 21.0. The molecule has 0 aliphatic rings. The molecule has 1 atom stereocenters. The van der Waals surface area contributed by atoms with Gasteiger partial charge in [-0.15, -0.1) is 0 Å². The Morgan fingerprint density at radius 3 is 2.31 bits per heavy atom. The first-order valence-electron chi connectivity index (χ1n) is 11.9. The van der Waals surface area contributed by atoms with E-state index in [4.69, 9.17) is 0 Å². The Bertz CT molecular complexity index is 1090. The fourth-order valence-corrected chi connectivity index (χ4v) is 5.02. The smallest absolute Gasteiger partial charge is 0.242 e. The molecule has 0 aliphatic heterocycles. The second-order valence-corrected chi connectivity index (χ2v) is 11.5. The zero-order valence-corrected chi connectivity index (χ0v) is 23.4. The highest BCUT2D eigenvalue weighted by molar-refractivity contribution is 9.10. The molecule has 192 valence electrons. The van der Waals surface area contributed by atoms with Crippen LogP contribution >= 0.6 is 15.9 Å². The van der Waals surface area contributed by atoms with Crippen LogP contribution in [0.25, 0.3) is 0 Å². The van der Waals surface area contributed by atoms with Gasteiger partial charge >= 0.3 is 0 Å². The Kier molecular flexibility index (Phi) is 11.2. The summed E-state index contributed by atoms with van der Waals surface area (Å²) >= 11 is 3.42. The van der Waals surface area contributed by atoms with Gasteiger partial charge in [0.15, 0.2) is 0 Å². The van der Waals surface area contributed by atoms with Crippen LogP contribution in [0.1, 0.15) is 50.7 Å². The standard InChI is InChI=1S/C26H36BrN3O4S/c1-5-6-17-28-26(32)21(3)29(19-22-13-15-23(27)16-14-22)25(31)12-9-18-30(35(4,33)34)24-11-8-7-10-20(24)2/h7-8,10-11,13-16,21H,5-6,9,12,17-19H2,1-4H3,(H,28,32)/t21-/m0/s1. The van der Waals surface area contributed by atoms with E-state index < -0.39 is 16.1 Å². The molecule has 2 rings (SSSR count). The molecule has 0 spiro atoms. The van der Waals surface area contributed by atoms with Crippen molar-refractivity contribution in [3.8, 4) is 0 Å². The maximum absolute atomic E-state index is 13.3. The molecular formula is C26H36BrN3O4S. The Balaban J connectivity index is 2.14. The number of benzene rings is 2. The minimum Gasteiger partial charge on any atom is -0.354 e. The molecule has 0 saturated carbocycles. The van der Waals surface area contributed by atoms with Crippen molar-refractivity contribution in [2.24, 2.45) is 0 Å². The number of hydrogen-bond acceptors (Lipinski definition) is 4. The Labute approximate surface area is 218 Å². The van der Waals surface area contributed by atoms with Crippen LogP contribution in [0, 0.1) is 6.92 Å². The second kappa shape index (κ2) is 13.6. The van der Waals surface area contributed by atoms with Crippen LogP contribution in [0.4, 0.5) is 5.69 Å². The van der Waals surface area contributed by atoms with Gasteiger partial charge in [0.2, 0.25) is 21.8 Å². The first kappa shape index (κ1) is 28.8. The molecule has 9 heteroatoms. The number of unbranched alkanes of at least 4 members (excludes halogenated alkanes) is 1. The fourth-order valence-electron chi connectivity index (χ4n) is 3.73. The van der Waals surface area contributed by atoms with Crippen molar-refractivity contribution < 1.29 is 18.0 Å². The number of anilines is 1. The number of sulfonamides is 1. The number of amides is 2. The van der Waals surface area contributed by atoms with Gasteiger partial charge in [-0.2, -0.15) is 0 Å². The molecule has 0 unspecified atom stereocenters. The zero-order chi connectivity index (χ0) is 26.0.